The van der Waals surface area contributed by atoms with E-state index in [0.717, 1.165) is 14.3 Å². The fourth-order valence-electron chi connectivity index (χ4n) is 2.36. The predicted molar refractivity (Wildman–Crippen MR) is 104 cm³/mol. The van der Waals surface area contributed by atoms with Gasteiger partial charge in [-0.15, -0.1) is 0 Å². The van der Waals surface area contributed by atoms with Gasteiger partial charge in [0.15, 0.2) is 0 Å². The fourth-order valence-corrected chi connectivity index (χ4v) is 3.91. The number of methoxy groups -OCH3 is 1. The van der Waals surface area contributed by atoms with Crippen LogP contribution >= 0.6 is 15.9 Å². The van der Waals surface area contributed by atoms with E-state index in [0.29, 0.717) is 5.75 Å². The number of benzene rings is 2. The van der Waals surface area contributed by atoms with Crippen LogP contribution in [0, 0.1) is 0 Å². The minimum absolute atomic E-state index is 0.105. The molecule has 0 aliphatic rings. The average Bonchev–Trinajstić information content (AvgIpc) is 2.61. The van der Waals surface area contributed by atoms with E-state index in [4.69, 9.17) is 4.74 Å². The molecule has 0 saturated heterocycles. The molecule has 0 aliphatic heterocycles. The highest BCUT2D eigenvalue weighted by Gasteiger charge is 2.23. The highest BCUT2D eigenvalue weighted by Crippen LogP contribution is 2.19. The Bertz CT molecular complexity index is 869. The molecule has 140 valence electrons. The largest absolute Gasteiger partial charge is 0.497 e. The SMILES string of the molecule is COc1ccc(S(=O)(=O)N(C)CC(=O)N[C@H](C)c2cccc(Br)c2)cc1. The van der Waals surface area contributed by atoms with Crippen LogP contribution in [0.4, 0.5) is 0 Å². The van der Waals surface area contributed by atoms with Gasteiger partial charge in [0.1, 0.15) is 5.75 Å². The first kappa shape index (κ1) is 20.4. The summed E-state index contributed by atoms with van der Waals surface area (Å²) in [5.74, 6) is 0.184. The molecule has 2 rings (SSSR count). The number of likely N-dealkylation sites (N-methyl/N-ethyl adjacent to an activating group) is 1. The van der Waals surface area contributed by atoms with Crippen molar-refractivity contribution in [1.29, 1.82) is 0 Å². The molecular weight excluding hydrogens is 420 g/mol. The van der Waals surface area contributed by atoms with Gasteiger partial charge >= 0.3 is 0 Å². The van der Waals surface area contributed by atoms with E-state index >= 15 is 0 Å². The standard InChI is InChI=1S/C18H21BrN2O4S/c1-13(14-5-4-6-15(19)11-14)20-18(22)12-21(2)26(23,24)17-9-7-16(25-3)8-10-17/h4-11,13H,12H2,1-3H3,(H,20,22)/t13-/m1/s1. The number of rotatable bonds is 7. The number of carbonyl (C=O) groups is 1. The summed E-state index contributed by atoms with van der Waals surface area (Å²) < 4.78 is 32.1. The van der Waals surface area contributed by atoms with E-state index in [1.165, 1.54) is 26.3 Å². The molecule has 0 aromatic heterocycles. The van der Waals surface area contributed by atoms with Gasteiger partial charge in [0.2, 0.25) is 15.9 Å². The highest BCUT2D eigenvalue weighted by atomic mass is 79.9. The van der Waals surface area contributed by atoms with Crippen LogP contribution in [0.15, 0.2) is 57.9 Å². The van der Waals surface area contributed by atoms with Gasteiger partial charge in [-0.1, -0.05) is 28.1 Å². The monoisotopic (exact) mass is 440 g/mol. The Kier molecular flexibility index (Phi) is 6.80. The van der Waals surface area contributed by atoms with E-state index in [1.54, 1.807) is 12.1 Å². The Morgan fingerprint density at radius 1 is 1.23 bits per heavy atom. The van der Waals surface area contributed by atoms with Crippen molar-refractivity contribution >= 4 is 31.9 Å². The van der Waals surface area contributed by atoms with Crippen molar-refractivity contribution in [3.05, 3.63) is 58.6 Å². The maximum atomic E-state index is 12.6. The van der Waals surface area contributed by atoms with E-state index in [9.17, 15) is 13.2 Å². The molecule has 1 amide bonds. The average molecular weight is 441 g/mol. The van der Waals surface area contributed by atoms with Crippen LogP contribution in [0.25, 0.3) is 0 Å². The summed E-state index contributed by atoms with van der Waals surface area (Å²) in [6, 6.07) is 13.4. The van der Waals surface area contributed by atoms with Crippen LogP contribution in [-0.2, 0) is 14.8 Å². The van der Waals surface area contributed by atoms with Crippen molar-refractivity contribution in [2.75, 3.05) is 20.7 Å². The Morgan fingerprint density at radius 3 is 2.46 bits per heavy atom. The van der Waals surface area contributed by atoms with Crippen molar-refractivity contribution in [2.24, 2.45) is 0 Å². The Morgan fingerprint density at radius 2 is 1.88 bits per heavy atom. The third-order valence-corrected chi connectivity index (χ3v) is 6.17. The predicted octanol–water partition coefficient (Wildman–Crippen LogP) is 2.96. The van der Waals surface area contributed by atoms with Crippen molar-refractivity contribution < 1.29 is 17.9 Å². The number of ether oxygens (including phenoxy) is 1. The van der Waals surface area contributed by atoms with Crippen LogP contribution in [0.2, 0.25) is 0 Å². The van der Waals surface area contributed by atoms with E-state index in [2.05, 4.69) is 21.2 Å². The molecule has 0 saturated carbocycles. The number of hydrogen-bond donors (Lipinski definition) is 1. The van der Waals surface area contributed by atoms with Crippen LogP contribution in [-0.4, -0.2) is 39.3 Å². The lowest BCUT2D eigenvalue weighted by atomic mass is 10.1. The molecule has 1 atom stereocenters. The van der Waals surface area contributed by atoms with E-state index < -0.39 is 10.0 Å². The van der Waals surface area contributed by atoms with Crippen molar-refractivity contribution in [1.82, 2.24) is 9.62 Å². The van der Waals surface area contributed by atoms with Gasteiger partial charge in [0.25, 0.3) is 0 Å². The maximum absolute atomic E-state index is 12.6. The first-order valence-corrected chi connectivity index (χ1v) is 10.1. The summed E-state index contributed by atoms with van der Waals surface area (Å²) >= 11 is 3.39. The molecule has 26 heavy (non-hydrogen) atoms. The molecule has 1 N–H and O–H groups in total. The first-order valence-electron chi connectivity index (χ1n) is 7.89. The molecule has 6 nitrogen and oxygen atoms in total. The molecule has 0 bridgehead atoms. The van der Waals surface area contributed by atoms with Crippen molar-refractivity contribution in [2.45, 2.75) is 17.9 Å². The second kappa shape index (κ2) is 8.66. The summed E-state index contributed by atoms with van der Waals surface area (Å²) in [5, 5.41) is 2.81. The zero-order chi connectivity index (χ0) is 19.3. The van der Waals surface area contributed by atoms with Gasteiger partial charge < -0.3 is 10.1 Å². The first-order chi connectivity index (χ1) is 12.2. The number of nitrogens with zero attached hydrogens (tertiary/aromatic N) is 1. The summed E-state index contributed by atoms with van der Waals surface area (Å²) in [5.41, 5.74) is 0.924. The topological polar surface area (TPSA) is 75.7 Å². The van der Waals surface area contributed by atoms with Gasteiger partial charge in [0, 0.05) is 11.5 Å². The van der Waals surface area contributed by atoms with Gasteiger partial charge in [-0.25, -0.2) is 8.42 Å². The van der Waals surface area contributed by atoms with E-state index in [1.807, 2.05) is 31.2 Å². The van der Waals surface area contributed by atoms with Gasteiger partial charge in [-0.2, -0.15) is 4.31 Å². The lowest BCUT2D eigenvalue weighted by Gasteiger charge is -2.19. The van der Waals surface area contributed by atoms with Gasteiger partial charge in [0.05, 0.1) is 24.6 Å². The lowest BCUT2D eigenvalue weighted by molar-refractivity contribution is -0.121. The van der Waals surface area contributed by atoms with E-state index in [-0.39, 0.29) is 23.4 Å². The quantitative estimate of drug-likeness (QED) is 0.717. The normalized spacial score (nSPS) is 12.7. The molecule has 2 aromatic rings. The number of nitrogens with one attached hydrogen (secondary N) is 1. The third kappa shape index (κ3) is 5.06. The molecule has 0 aliphatic carbocycles. The third-order valence-electron chi connectivity index (χ3n) is 3.86. The number of sulfonamides is 1. The summed E-state index contributed by atoms with van der Waals surface area (Å²) in [4.78, 5) is 12.4. The van der Waals surface area contributed by atoms with Crippen LogP contribution in [0.3, 0.4) is 0 Å². The second-order valence-corrected chi connectivity index (χ2v) is 8.74. The minimum atomic E-state index is -3.76. The molecule has 2 aromatic carbocycles. The molecule has 0 heterocycles. The minimum Gasteiger partial charge on any atom is -0.497 e. The van der Waals surface area contributed by atoms with Crippen LogP contribution in [0.5, 0.6) is 5.75 Å². The van der Waals surface area contributed by atoms with Gasteiger partial charge in [-0.05, 0) is 48.9 Å². The molecule has 0 fully saturated rings. The number of hydrogen-bond acceptors (Lipinski definition) is 4. The van der Waals surface area contributed by atoms with Crippen molar-refractivity contribution in [3.8, 4) is 5.75 Å². The Labute approximate surface area is 162 Å². The summed E-state index contributed by atoms with van der Waals surface area (Å²) in [7, 11) is -0.872. The fraction of sp³-hybridized carbons (Fsp3) is 0.278. The lowest BCUT2D eigenvalue weighted by Crippen LogP contribution is -2.39. The van der Waals surface area contributed by atoms with Crippen LogP contribution < -0.4 is 10.1 Å². The zero-order valence-electron chi connectivity index (χ0n) is 14.8. The molecular formula is C18H21BrN2O4S. The Balaban J connectivity index is 2.03. The number of amides is 1. The van der Waals surface area contributed by atoms with Crippen LogP contribution in [0.1, 0.15) is 18.5 Å². The summed E-state index contributed by atoms with van der Waals surface area (Å²) in [6.07, 6.45) is 0. The highest BCUT2D eigenvalue weighted by molar-refractivity contribution is 9.10. The maximum Gasteiger partial charge on any atom is 0.243 e. The Hall–Kier alpha value is -1.90. The van der Waals surface area contributed by atoms with Gasteiger partial charge in [-0.3, -0.25) is 4.79 Å². The molecule has 0 radical (unpaired) electrons. The smallest absolute Gasteiger partial charge is 0.243 e. The second-order valence-electron chi connectivity index (χ2n) is 5.78. The summed E-state index contributed by atoms with van der Waals surface area (Å²) in [6.45, 7) is 1.57. The molecule has 0 spiro atoms. The zero-order valence-corrected chi connectivity index (χ0v) is 17.2. The molecule has 8 heteroatoms. The number of halogens is 1. The number of carbonyl (C=O) groups excluding carboxylic acids is 1. The molecule has 0 unspecified atom stereocenters. The van der Waals surface area contributed by atoms with Crippen molar-refractivity contribution in [3.63, 3.8) is 0 Å².